The summed E-state index contributed by atoms with van der Waals surface area (Å²) in [4.78, 5) is -1.13. The van der Waals surface area contributed by atoms with Crippen LogP contribution < -0.4 is 5.73 Å². The van der Waals surface area contributed by atoms with E-state index in [2.05, 4.69) is 0 Å². The minimum absolute atomic E-state index is 0.223. The molecule has 0 aromatic heterocycles. The smallest absolute Gasteiger partial charge is 0.399 e. The van der Waals surface area contributed by atoms with Crippen molar-refractivity contribution < 1.29 is 74.6 Å². The van der Waals surface area contributed by atoms with Crippen molar-refractivity contribution in [3.8, 4) is 0 Å². The quantitative estimate of drug-likeness (QED) is 0.211. The van der Waals surface area contributed by atoms with Crippen LogP contribution in [-0.4, -0.2) is 47.0 Å². The maximum Gasteiger partial charge on any atom is 0.460 e. The van der Waals surface area contributed by atoms with Gasteiger partial charge in [0.1, 0.15) is 0 Å². The molecule has 0 fully saturated rings. The van der Waals surface area contributed by atoms with Crippen molar-refractivity contribution in [3.63, 3.8) is 0 Å². The summed E-state index contributed by atoms with van der Waals surface area (Å²) in [5.74, 6) is -49.9. The Hall–Kier alpha value is -1.82. The molecule has 1 nitrogen and oxygen atoms in total. The Balaban J connectivity index is 3.57. The second kappa shape index (κ2) is 7.86. The van der Waals surface area contributed by atoms with Gasteiger partial charge < -0.3 is 5.73 Å². The molecule has 2 N–H and O–H groups in total. The fourth-order valence-corrected chi connectivity index (χ4v) is 2.72. The Labute approximate surface area is 175 Å². The van der Waals surface area contributed by atoms with E-state index < -0.39 is 63.6 Å². The summed E-state index contributed by atoms with van der Waals surface area (Å²) in [6, 6.07) is 2.23. The first-order valence-corrected chi connectivity index (χ1v) is 8.30. The van der Waals surface area contributed by atoms with Gasteiger partial charge in [-0.3, -0.25) is 0 Å². The molecular formula is C14H6F17NS. The van der Waals surface area contributed by atoms with Gasteiger partial charge in [0, 0.05) is 10.6 Å². The van der Waals surface area contributed by atoms with Crippen molar-refractivity contribution in [2.45, 2.75) is 51.9 Å². The normalized spacial score (nSPS) is 15.7. The van der Waals surface area contributed by atoms with Gasteiger partial charge in [0.2, 0.25) is 0 Å². The molecule has 1 aromatic carbocycles. The molecular weight excluding hydrogens is 537 g/mol. The monoisotopic (exact) mass is 543 g/mol. The molecule has 0 amide bonds. The topological polar surface area (TPSA) is 26.0 Å². The lowest BCUT2D eigenvalue weighted by molar-refractivity contribution is -0.458. The van der Waals surface area contributed by atoms with Crippen LogP contribution in [0.15, 0.2) is 29.2 Å². The van der Waals surface area contributed by atoms with E-state index in [-0.39, 0.29) is 5.69 Å². The number of hydrogen-bond acceptors (Lipinski definition) is 2. The lowest BCUT2D eigenvalue weighted by Gasteiger charge is -2.42. The van der Waals surface area contributed by atoms with E-state index in [0.717, 1.165) is 0 Å². The Morgan fingerprint density at radius 2 is 0.758 bits per heavy atom. The minimum atomic E-state index is -8.63. The third kappa shape index (κ3) is 4.13. The Morgan fingerprint density at radius 1 is 0.455 bits per heavy atom. The highest BCUT2D eigenvalue weighted by molar-refractivity contribution is 8.00. The second-order valence-corrected chi connectivity index (χ2v) is 7.32. The van der Waals surface area contributed by atoms with Crippen LogP contribution in [0.1, 0.15) is 0 Å². The standard InChI is InChI=1S/C14H6F17NS/c15-7(16,9(19,20)11(23,24)13(27,28)29)8(17,18)10(21,22)12(25,26)14(30,31)33-6-3-1-5(32)2-4-6/h1-4H,32H2. The molecule has 1 aromatic rings. The molecule has 0 aliphatic rings. The average molecular weight is 543 g/mol. The maximum atomic E-state index is 13.7. The van der Waals surface area contributed by atoms with Crippen LogP contribution in [0.4, 0.5) is 80.3 Å². The summed E-state index contributed by atoms with van der Waals surface area (Å²) in [5, 5.41) is -6.53. The van der Waals surface area contributed by atoms with Gasteiger partial charge in [0.15, 0.2) is 0 Å². The zero-order valence-corrected chi connectivity index (χ0v) is 15.5. The van der Waals surface area contributed by atoms with Crippen molar-refractivity contribution in [3.05, 3.63) is 24.3 Å². The van der Waals surface area contributed by atoms with Gasteiger partial charge in [0.05, 0.1) is 0 Å². The van der Waals surface area contributed by atoms with E-state index in [0.29, 0.717) is 24.3 Å². The highest BCUT2D eigenvalue weighted by Crippen LogP contribution is 2.65. The average Bonchev–Trinajstić information content (AvgIpc) is 2.61. The van der Waals surface area contributed by atoms with Crippen molar-refractivity contribution in [1.82, 2.24) is 0 Å². The van der Waals surface area contributed by atoms with E-state index in [4.69, 9.17) is 5.73 Å². The van der Waals surface area contributed by atoms with Crippen LogP contribution in [0.2, 0.25) is 0 Å². The molecule has 33 heavy (non-hydrogen) atoms. The summed E-state index contributed by atoms with van der Waals surface area (Å²) in [5.41, 5.74) is 4.87. The molecule has 0 bridgehead atoms. The van der Waals surface area contributed by atoms with E-state index in [1.165, 1.54) is 0 Å². The van der Waals surface area contributed by atoms with E-state index >= 15 is 0 Å². The third-order valence-electron chi connectivity index (χ3n) is 3.82. The van der Waals surface area contributed by atoms with Crippen molar-refractivity contribution in [2.75, 3.05) is 5.73 Å². The molecule has 0 aliphatic heterocycles. The minimum Gasteiger partial charge on any atom is -0.399 e. The summed E-state index contributed by atoms with van der Waals surface area (Å²) < 4.78 is 223. The first-order chi connectivity index (χ1) is 14.2. The van der Waals surface area contributed by atoms with Crippen LogP contribution in [-0.2, 0) is 0 Å². The Bertz CT molecular complexity index is 842. The molecule has 0 radical (unpaired) electrons. The number of alkyl halides is 17. The first kappa shape index (κ1) is 29.2. The number of anilines is 1. The van der Waals surface area contributed by atoms with Crippen LogP contribution in [0, 0.1) is 0 Å². The Kier molecular flexibility index (Phi) is 6.96. The number of nitrogen functional groups attached to an aromatic ring is 1. The SMILES string of the molecule is Nc1ccc(SC(F)(F)C(F)(F)C(F)(F)C(F)(F)C(F)(F)C(F)(F)C(F)(F)C(F)(F)F)cc1. The fraction of sp³-hybridized carbons (Fsp3) is 0.571. The highest BCUT2D eigenvalue weighted by Gasteiger charge is 2.95. The van der Waals surface area contributed by atoms with Gasteiger partial charge in [-0.15, -0.1) is 0 Å². The van der Waals surface area contributed by atoms with Gasteiger partial charge in [-0.05, 0) is 36.0 Å². The predicted octanol–water partition coefficient (Wildman–Crippen LogP) is 7.33. The first-order valence-electron chi connectivity index (χ1n) is 7.48. The van der Waals surface area contributed by atoms with Gasteiger partial charge in [-0.1, -0.05) is 0 Å². The summed E-state index contributed by atoms with van der Waals surface area (Å²) >= 11 is -1.68. The molecule has 0 unspecified atom stereocenters. The number of hydrogen-bond donors (Lipinski definition) is 1. The molecule has 1 rings (SSSR count). The zero-order valence-electron chi connectivity index (χ0n) is 14.7. The zero-order chi connectivity index (χ0) is 26.7. The van der Waals surface area contributed by atoms with Gasteiger partial charge in [-0.2, -0.15) is 74.6 Å². The lowest BCUT2D eigenvalue weighted by atomic mass is 9.91. The summed E-state index contributed by atoms with van der Waals surface area (Å²) in [7, 11) is 0. The summed E-state index contributed by atoms with van der Waals surface area (Å²) in [6.07, 6.45) is -7.78. The lowest BCUT2D eigenvalue weighted by Crippen LogP contribution is -2.74. The molecule has 0 atom stereocenters. The van der Waals surface area contributed by atoms with Crippen LogP contribution in [0.5, 0.6) is 0 Å². The fourth-order valence-electron chi connectivity index (χ4n) is 1.90. The van der Waals surface area contributed by atoms with Crippen molar-refractivity contribution in [1.29, 1.82) is 0 Å². The number of nitrogens with two attached hydrogens (primary N) is 1. The second-order valence-electron chi connectivity index (χ2n) is 6.13. The van der Waals surface area contributed by atoms with Crippen LogP contribution in [0.25, 0.3) is 0 Å². The molecule has 192 valence electrons. The van der Waals surface area contributed by atoms with Crippen LogP contribution in [0.3, 0.4) is 0 Å². The number of thioether (sulfide) groups is 1. The molecule has 0 saturated carbocycles. The molecule has 0 aliphatic carbocycles. The summed E-state index contributed by atoms with van der Waals surface area (Å²) in [6.45, 7) is 0. The van der Waals surface area contributed by atoms with Crippen molar-refractivity contribution in [2.24, 2.45) is 0 Å². The van der Waals surface area contributed by atoms with E-state index in [9.17, 15) is 74.6 Å². The number of rotatable bonds is 8. The Morgan fingerprint density at radius 3 is 1.09 bits per heavy atom. The third-order valence-corrected chi connectivity index (χ3v) is 4.84. The van der Waals surface area contributed by atoms with E-state index in [1.54, 1.807) is 0 Å². The number of benzene rings is 1. The van der Waals surface area contributed by atoms with Gasteiger partial charge in [-0.25, -0.2) is 0 Å². The molecule has 0 heterocycles. The largest absolute Gasteiger partial charge is 0.460 e. The number of halogens is 17. The van der Waals surface area contributed by atoms with Gasteiger partial charge in [0.25, 0.3) is 0 Å². The van der Waals surface area contributed by atoms with Crippen molar-refractivity contribution >= 4 is 17.4 Å². The maximum absolute atomic E-state index is 13.7. The van der Waals surface area contributed by atoms with E-state index in [1.807, 2.05) is 0 Å². The van der Waals surface area contributed by atoms with Crippen LogP contribution >= 0.6 is 11.8 Å². The molecule has 19 heteroatoms. The van der Waals surface area contributed by atoms with Gasteiger partial charge >= 0.3 is 47.0 Å². The molecule has 0 saturated heterocycles. The highest BCUT2D eigenvalue weighted by atomic mass is 32.2. The predicted molar refractivity (Wildman–Crippen MR) is 77.4 cm³/mol. The molecule has 0 spiro atoms.